The van der Waals surface area contributed by atoms with E-state index in [2.05, 4.69) is 26.5 Å². The van der Waals surface area contributed by atoms with Crippen LogP contribution in [0, 0.1) is 6.92 Å². The maximum atomic E-state index is 11.5. The second-order valence-electron chi connectivity index (χ2n) is 3.48. The fourth-order valence-electron chi connectivity index (χ4n) is 1.58. The van der Waals surface area contributed by atoms with E-state index in [9.17, 15) is 4.79 Å². The number of hydrazine groups is 1. The minimum Gasteiger partial charge on any atom is -0.290 e. The van der Waals surface area contributed by atoms with Crippen LogP contribution in [0.4, 0.5) is 0 Å². The average molecular weight is 295 g/mol. The van der Waals surface area contributed by atoms with Gasteiger partial charge in [0, 0.05) is 4.47 Å². The fraction of sp³-hybridized carbons (Fsp3) is 0.0909. The van der Waals surface area contributed by atoms with E-state index in [1.807, 2.05) is 31.2 Å². The standard InChI is InChI=1S/C11H11BrN4O/c1-7-8(11(17)15-13)6-14-16(7)10-5-3-2-4-9(10)12/h2-6H,13H2,1H3,(H,15,17). The van der Waals surface area contributed by atoms with Crippen molar-refractivity contribution in [2.45, 2.75) is 6.92 Å². The van der Waals surface area contributed by atoms with Gasteiger partial charge in [-0.25, -0.2) is 10.5 Å². The molecule has 5 nitrogen and oxygen atoms in total. The number of aromatic nitrogens is 2. The monoisotopic (exact) mass is 294 g/mol. The van der Waals surface area contributed by atoms with E-state index in [1.54, 1.807) is 4.68 Å². The van der Waals surface area contributed by atoms with Crippen LogP contribution in [0.25, 0.3) is 5.69 Å². The third kappa shape index (κ3) is 2.09. The van der Waals surface area contributed by atoms with Gasteiger partial charge in [-0.1, -0.05) is 12.1 Å². The summed E-state index contributed by atoms with van der Waals surface area (Å²) in [5.41, 5.74) is 4.17. The Balaban J connectivity index is 2.52. The van der Waals surface area contributed by atoms with Crippen LogP contribution < -0.4 is 11.3 Å². The highest BCUT2D eigenvalue weighted by molar-refractivity contribution is 9.10. The first kappa shape index (κ1) is 11.8. The number of nitrogens with zero attached hydrogens (tertiary/aromatic N) is 2. The van der Waals surface area contributed by atoms with Gasteiger partial charge in [-0.2, -0.15) is 5.10 Å². The van der Waals surface area contributed by atoms with E-state index >= 15 is 0 Å². The minimum absolute atomic E-state index is 0.346. The molecule has 0 radical (unpaired) electrons. The number of nitrogens with two attached hydrogens (primary N) is 1. The first-order chi connectivity index (χ1) is 8.15. The lowest BCUT2D eigenvalue weighted by Crippen LogP contribution is -2.30. The van der Waals surface area contributed by atoms with E-state index < -0.39 is 0 Å². The van der Waals surface area contributed by atoms with E-state index in [0.717, 1.165) is 15.9 Å². The molecule has 0 aliphatic carbocycles. The van der Waals surface area contributed by atoms with Gasteiger partial charge in [0.25, 0.3) is 5.91 Å². The molecule has 0 saturated carbocycles. The van der Waals surface area contributed by atoms with Gasteiger partial charge in [0.05, 0.1) is 23.1 Å². The number of rotatable bonds is 2. The molecule has 1 aromatic heterocycles. The number of benzene rings is 1. The molecule has 6 heteroatoms. The number of carbonyl (C=O) groups excluding carboxylic acids is 1. The molecule has 2 aromatic rings. The normalized spacial score (nSPS) is 10.3. The zero-order valence-electron chi connectivity index (χ0n) is 9.14. The van der Waals surface area contributed by atoms with Gasteiger partial charge in [0.15, 0.2) is 0 Å². The maximum Gasteiger partial charge on any atom is 0.268 e. The Labute approximate surface area is 107 Å². The Bertz CT molecular complexity index is 564. The molecule has 88 valence electrons. The highest BCUT2D eigenvalue weighted by Gasteiger charge is 2.14. The van der Waals surface area contributed by atoms with Crippen LogP contribution in [0.1, 0.15) is 16.1 Å². The first-order valence-corrected chi connectivity index (χ1v) is 5.75. The van der Waals surface area contributed by atoms with E-state index in [1.165, 1.54) is 6.20 Å². The number of nitrogens with one attached hydrogen (secondary N) is 1. The zero-order valence-corrected chi connectivity index (χ0v) is 10.7. The second-order valence-corrected chi connectivity index (χ2v) is 4.33. The molecule has 0 saturated heterocycles. The van der Waals surface area contributed by atoms with Crippen molar-refractivity contribution in [3.63, 3.8) is 0 Å². The summed E-state index contributed by atoms with van der Waals surface area (Å²) in [6.07, 6.45) is 1.50. The summed E-state index contributed by atoms with van der Waals surface area (Å²) in [5.74, 6) is 4.76. The van der Waals surface area contributed by atoms with Crippen molar-refractivity contribution in [2.75, 3.05) is 0 Å². The van der Waals surface area contributed by atoms with Crippen LogP contribution in [0.15, 0.2) is 34.9 Å². The molecule has 17 heavy (non-hydrogen) atoms. The Morgan fingerprint density at radius 1 is 1.47 bits per heavy atom. The Kier molecular flexibility index (Phi) is 3.26. The van der Waals surface area contributed by atoms with Crippen LogP contribution in [-0.4, -0.2) is 15.7 Å². The third-order valence-electron chi connectivity index (χ3n) is 2.47. The van der Waals surface area contributed by atoms with Crippen molar-refractivity contribution in [1.82, 2.24) is 15.2 Å². The number of hydrogen-bond donors (Lipinski definition) is 2. The molecule has 1 amide bonds. The highest BCUT2D eigenvalue weighted by atomic mass is 79.9. The molecule has 0 spiro atoms. The second kappa shape index (κ2) is 4.68. The average Bonchev–Trinajstić information content (AvgIpc) is 2.71. The molecule has 3 N–H and O–H groups in total. The first-order valence-electron chi connectivity index (χ1n) is 4.95. The summed E-state index contributed by atoms with van der Waals surface area (Å²) < 4.78 is 2.60. The van der Waals surface area contributed by atoms with Crippen molar-refractivity contribution in [2.24, 2.45) is 5.84 Å². The predicted octanol–water partition coefficient (Wildman–Crippen LogP) is 1.55. The van der Waals surface area contributed by atoms with Gasteiger partial charge < -0.3 is 0 Å². The van der Waals surface area contributed by atoms with Crippen LogP contribution >= 0.6 is 15.9 Å². The summed E-state index contributed by atoms with van der Waals surface area (Å²) >= 11 is 3.44. The molecule has 1 heterocycles. The zero-order chi connectivity index (χ0) is 12.4. The molecule has 0 unspecified atom stereocenters. The van der Waals surface area contributed by atoms with Gasteiger partial charge in [-0.05, 0) is 35.0 Å². The molecule has 0 atom stereocenters. The highest BCUT2D eigenvalue weighted by Crippen LogP contribution is 2.22. The van der Waals surface area contributed by atoms with Crippen LogP contribution in [-0.2, 0) is 0 Å². The number of amides is 1. The minimum atomic E-state index is -0.346. The fourth-order valence-corrected chi connectivity index (χ4v) is 2.03. The Morgan fingerprint density at radius 3 is 2.82 bits per heavy atom. The topological polar surface area (TPSA) is 72.9 Å². The summed E-state index contributed by atoms with van der Waals surface area (Å²) in [6.45, 7) is 1.82. The molecule has 0 bridgehead atoms. The molecule has 1 aromatic carbocycles. The number of carbonyl (C=O) groups is 1. The SMILES string of the molecule is Cc1c(C(=O)NN)cnn1-c1ccccc1Br. The summed E-state index contributed by atoms with van der Waals surface area (Å²) in [4.78, 5) is 11.5. The van der Waals surface area contributed by atoms with Gasteiger partial charge in [-0.15, -0.1) is 0 Å². The van der Waals surface area contributed by atoms with Crippen LogP contribution in [0.2, 0.25) is 0 Å². The van der Waals surface area contributed by atoms with Gasteiger partial charge in [0.1, 0.15) is 0 Å². The summed E-state index contributed by atoms with van der Waals surface area (Å²) in [5, 5.41) is 4.19. The summed E-state index contributed by atoms with van der Waals surface area (Å²) in [6, 6.07) is 7.65. The van der Waals surface area contributed by atoms with Crippen molar-refractivity contribution < 1.29 is 4.79 Å². The van der Waals surface area contributed by atoms with Crippen molar-refractivity contribution >= 4 is 21.8 Å². The lowest BCUT2D eigenvalue weighted by Gasteiger charge is -2.07. The van der Waals surface area contributed by atoms with Crippen molar-refractivity contribution in [3.8, 4) is 5.69 Å². The molecular formula is C11H11BrN4O. The smallest absolute Gasteiger partial charge is 0.268 e. The van der Waals surface area contributed by atoms with E-state index in [4.69, 9.17) is 5.84 Å². The van der Waals surface area contributed by atoms with E-state index in [0.29, 0.717) is 5.56 Å². The van der Waals surface area contributed by atoms with Crippen LogP contribution in [0.5, 0.6) is 0 Å². The predicted molar refractivity (Wildman–Crippen MR) is 67.7 cm³/mol. The number of halogens is 1. The number of hydrogen-bond acceptors (Lipinski definition) is 3. The lowest BCUT2D eigenvalue weighted by molar-refractivity contribution is 0.0953. The van der Waals surface area contributed by atoms with Crippen molar-refractivity contribution in [3.05, 3.63) is 46.2 Å². The number of nitrogen functional groups attached to an aromatic ring is 1. The maximum absolute atomic E-state index is 11.5. The van der Waals surface area contributed by atoms with Gasteiger partial charge in [-0.3, -0.25) is 10.2 Å². The quantitative estimate of drug-likeness (QED) is 0.501. The Morgan fingerprint density at radius 2 is 2.18 bits per heavy atom. The molecule has 2 rings (SSSR count). The molecular weight excluding hydrogens is 284 g/mol. The Hall–Kier alpha value is -1.66. The third-order valence-corrected chi connectivity index (χ3v) is 3.14. The summed E-state index contributed by atoms with van der Waals surface area (Å²) in [7, 11) is 0. The van der Waals surface area contributed by atoms with Gasteiger partial charge in [0.2, 0.25) is 0 Å². The molecule has 0 fully saturated rings. The van der Waals surface area contributed by atoms with E-state index in [-0.39, 0.29) is 5.91 Å². The van der Waals surface area contributed by atoms with Gasteiger partial charge >= 0.3 is 0 Å². The molecule has 0 aliphatic rings. The number of para-hydroxylation sites is 1. The van der Waals surface area contributed by atoms with Crippen molar-refractivity contribution in [1.29, 1.82) is 0 Å². The largest absolute Gasteiger partial charge is 0.290 e. The molecule has 0 aliphatic heterocycles. The lowest BCUT2D eigenvalue weighted by atomic mass is 10.2. The van der Waals surface area contributed by atoms with Crippen LogP contribution in [0.3, 0.4) is 0 Å².